The Kier molecular flexibility index (Phi) is 10.5. The average Bonchev–Trinajstić information content (AvgIpc) is 2.68. The number of carboxylic acids is 1. The van der Waals surface area contributed by atoms with Crippen LogP contribution in [0, 0.1) is 5.92 Å². The van der Waals surface area contributed by atoms with E-state index in [0.29, 0.717) is 0 Å². The Balaban J connectivity index is 3.05. The summed E-state index contributed by atoms with van der Waals surface area (Å²) in [6.07, 6.45) is -1.57. The number of hydrogen-bond acceptors (Lipinski definition) is 7. The highest BCUT2D eigenvalue weighted by atomic mass is 16.6. The van der Waals surface area contributed by atoms with Crippen LogP contribution in [0.2, 0.25) is 0 Å². The molecule has 206 valence electrons. The molecule has 12 heteroatoms. The third-order valence-corrected chi connectivity index (χ3v) is 4.46. The Labute approximate surface area is 216 Å². The number of hydrogen-bond donors (Lipinski definition) is 5. The van der Waals surface area contributed by atoms with Gasteiger partial charge in [-0.3, -0.25) is 9.59 Å². The summed E-state index contributed by atoms with van der Waals surface area (Å²) in [5.74, 6) is -2.87. The molecule has 0 fully saturated rings. The van der Waals surface area contributed by atoms with Crippen molar-refractivity contribution in [3.63, 3.8) is 0 Å². The van der Waals surface area contributed by atoms with Crippen molar-refractivity contribution in [3.05, 3.63) is 23.8 Å². The summed E-state index contributed by atoms with van der Waals surface area (Å²) < 4.78 is 10.3. The summed E-state index contributed by atoms with van der Waals surface area (Å²) in [5, 5.41) is 19.5. The van der Waals surface area contributed by atoms with Crippen molar-refractivity contribution in [1.29, 1.82) is 0 Å². The molecule has 1 aromatic rings. The molecule has 0 saturated carbocycles. The number of aromatic carboxylic acids is 1. The molecule has 0 aliphatic rings. The number of carbonyl (C=O) groups excluding carboxylic acids is 4. The van der Waals surface area contributed by atoms with Crippen molar-refractivity contribution in [2.24, 2.45) is 5.92 Å². The SMILES string of the molecule is CC(C)[C@H](NC(=O)OC(C)(C)C)C(=O)Nc1cc(NC(=O)[C@H](C)NC(=O)OC(C)(C)C)cc(C(=O)O)c1. The first-order valence-electron chi connectivity index (χ1n) is 11.8. The fourth-order valence-electron chi connectivity index (χ4n) is 2.89. The topological polar surface area (TPSA) is 172 Å². The molecule has 1 rings (SSSR count). The molecule has 0 aliphatic heterocycles. The number of carboxylic acid groups (broad SMARTS) is 1. The first-order valence-corrected chi connectivity index (χ1v) is 11.8. The van der Waals surface area contributed by atoms with E-state index in [2.05, 4.69) is 21.3 Å². The van der Waals surface area contributed by atoms with E-state index >= 15 is 0 Å². The highest BCUT2D eigenvalue weighted by Crippen LogP contribution is 2.21. The molecule has 0 bridgehead atoms. The van der Waals surface area contributed by atoms with Gasteiger partial charge in [0.05, 0.1) is 5.56 Å². The van der Waals surface area contributed by atoms with E-state index in [9.17, 15) is 29.1 Å². The lowest BCUT2D eigenvalue weighted by Gasteiger charge is -2.25. The number of nitrogens with one attached hydrogen (secondary N) is 4. The van der Waals surface area contributed by atoms with E-state index in [1.54, 1.807) is 55.4 Å². The minimum atomic E-state index is -1.29. The normalized spacial score (nSPS) is 13.1. The van der Waals surface area contributed by atoms with Crippen LogP contribution in [0.25, 0.3) is 0 Å². The van der Waals surface area contributed by atoms with Crippen LogP contribution in [0.3, 0.4) is 0 Å². The number of ether oxygens (including phenoxy) is 2. The van der Waals surface area contributed by atoms with Crippen LogP contribution in [0.15, 0.2) is 18.2 Å². The van der Waals surface area contributed by atoms with E-state index in [1.807, 2.05) is 0 Å². The highest BCUT2D eigenvalue weighted by Gasteiger charge is 2.27. The number of alkyl carbamates (subject to hydrolysis) is 2. The molecule has 0 unspecified atom stereocenters. The molecule has 0 radical (unpaired) electrons. The van der Waals surface area contributed by atoms with E-state index in [1.165, 1.54) is 25.1 Å². The molecule has 4 amide bonds. The van der Waals surface area contributed by atoms with Gasteiger partial charge in [0.25, 0.3) is 0 Å². The Morgan fingerprint density at radius 2 is 1.16 bits per heavy atom. The van der Waals surface area contributed by atoms with Gasteiger partial charge in [-0.25, -0.2) is 14.4 Å². The Bertz CT molecular complexity index is 1020. The molecule has 37 heavy (non-hydrogen) atoms. The van der Waals surface area contributed by atoms with Crippen molar-refractivity contribution in [3.8, 4) is 0 Å². The second kappa shape index (κ2) is 12.4. The van der Waals surface area contributed by atoms with Gasteiger partial charge in [0.15, 0.2) is 0 Å². The monoisotopic (exact) mass is 522 g/mol. The van der Waals surface area contributed by atoms with Gasteiger partial charge in [-0.2, -0.15) is 0 Å². The maximum absolute atomic E-state index is 12.9. The highest BCUT2D eigenvalue weighted by molar-refractivity contribution is 6.01. The largest absolute Gasteiger partial charge is 0.478 e. The maximum atomic E-state index is 12.9. The van der Waals surface area contributed by atoms with Crippen LogP contribution in [0.4, 0.5) is 21.0 Å². The minimum absolute atomic E-state index is 0.0687. The molecule has 2 atom stereocenters. The Morgan fingerprint density at radius 3 is 1.57 bits per heavy atom. The molecule has 0 aromatic heterocycles. The predicted molar refractivity (Wildman–Crippen MR) is 137 cm³/mol. The molecule has 5 N–H and O–H groups in total. The Morgan fingerprint density at radius 1 is 0.730 bits per heavy atom. The van der Waals surface area contributed by atoms with Gasteiger partial charge in [-0.05, 0) is 72.6 Å². The third-order valence-electron chi connectivity index (χ3n) is 4.46. The van der Waals surface area contributed by atoms with Gasteiger partial charge < -0.3 is 35.8 Å². The molecule has 0 heterocycles. The average molecular weight is 523 g/mol. The first-order chi connectivity index (χ1) is 16.8. The summed E-state index contributed by atoms with van der Waals surface area (Å²) in [7, 11) is 0. The minimum Gasteiger partial charge on any atom is -0.478 e. The summed E-state index contributed by atoms with van der Waals surface area (Å²) in [6, 6.07) is 1.77. The van der Waals surface area contributed by atoms with Crippen molar-refractivity contribution < 1.29 is 38.6 Å². The van der Waals surface area contributed by atoms with Crippen LogP contribution in [0.1, 0.15) is 72.7 Å². The molecular formula is C25H38N4O8. The van der Waals surface area contributed by atoms with Gasteiger partial charge in [-0.1, -0.05) is 13.8 Å². The lowest BCUT2D eigenvalue weighted by atomic mass is 10.0. The third kappa shape index (κ3) is 11.6. The lowest BCUT2D eigenvalue weighted by molar-refractivity contribution is -0.119. The summed E-state index contributed by atoms with van der Waals surface area (Å²) >= 11 is 0. The number of rotatable bonds is 8. The van der Waals surface area contributed by atoms with Crippen molar-refractivity contribution in [2.75, 3.05) is 10.6 Å². The summed E-state index contributed by atoms with van der Waals surface area (Å²) in [5.41, 5.74) is -1.58. The fourth-order valence-corrected chi connectivity index (χ4v) is 2.89. The lowest BCUT2D eigenvalue weighted by Crippen LogP contribution is -2.48. The summed E-state index contributed by atoms with van der Waals surface area (Å²) in [4.78, 5) is 61.3. The zero-order valence-electron chi connectivity index (χ0n) is 22.8. The quantitative estimate of drug-likeness (QED) is 0.343. The van der Waals surface area contributed by atoms with E-state index in [4.69, 9.17) is 9.47 Å². The smallest absolute Gasteiger partial charge is 0.408 e. The van der Waals surface area contributed by atoms with Gasteiger partial charge >= 0.3 is 18.2 Å². The number of anilines is 2. The maximum Gasteiger partial charge on any atom is 0.408 e. The zero-order chi connectivity index (χ0) is 28.7. The number of benzene rings is 1. The van der Waals surface area contributed by atoms with Crippen LogP contribution < -0.4 is 21.3 Å². The zero-order valence-corrected chi connectivity index (χ0v) is 22.8. The van der Waals surface area contributed by atoms with Crippen LogP contribution >= 0.6 is 0 Å². The molecule has 0 spiro atoms. The van der Waals surface area contributed by atoms with Gasteiger partial charge in [0.1, 0.15) is 23.3 Å². The molecule has 1 aromatic carbocycles. The van der Waals surface area contributed by atoms with Crippen molar-refractivity contribution in [2.45, 2.75) is 85.6 Å². The standard InChI is InChI=1S/C25H38N4O8/c1-13(2)18(29-23(35)37-25(7,8)9)20(31)28-17-11-15(21(32)33)10-16(12-17)27-19(30)14(3)26-22(34)36-24(4,5)6/h10-14,18H,1-9H3,(H,26,34)(H,27,30)(H,28,31)(H,29,35)(H,32,33)/t14-,18-/m0/s1. The second-order valence-electron chi connectivity index (χ2n) is 10.8. The van der Waals surface area contributed by atoms with E-state index < -0.39 is 53.3 Å². The van der Waals surface area contributed by atoms with Crippen molar-refractivity contribution in [1.82, 2.24) is 10.6 Å². The molecule has 0 saturated heterocycles. The van der Waals surface area contributed by atoms with Crippen LogP contribution in [-0.4, -0.2) is 58.4 Å². The number of carbonyl (C=O) groups is 5. The Hall–Kier alpha value is -3.83. The van der Waals surface area contributed by atoms with Crippen molar-refractivity contribution >= 4 is 41.3 Å². The molecular weight excluding hydrogens is 484 g/mol. The second-order valence-corrected chi connectivity index (χ2v) is 10.8. The number of amides is 4. The van der Waals surface area contributed by atoms with Gasteiger partial charge in [0.2, 0.25) is 11.8 Å². The molecule has 0 aliphatic carbocycles. The van der Waals surface area contributed by atoms with Crippen LogP contribution in [-0.2, 0) is 19.1 Å². The van der Waals surface area contributed by atoms with Gasteiger partial charge in [0, 0.05) is 11.4 Å². The van der Waals surface area contributed by atoms with E-state index in [0.717, 1.165) is 0 Å². The first kappa shape index (κ1) is 31.2. The van der Waals surface area contributed by atoms with E-state index in [-0.39, 0.29) is 22.9 Å². The van der Waals surface area contributed by atoms with Gasteiger partial charge in [-0.15, -0.1) is 0 Å². The fraction of sp³-hybridized carbons (Fsp3) is 0.560. The summed E-state index contributed by atoms with van der Waals surface area (Å²) in [6.45, 7) is 15.0. The van der Waals surface area contributed by atoms with Crippen LogP contribution in [0.5, 0.6) is 0 Å². The predicted octanol–water partition coefficient (Wildman–Crippen LogP) is 3.72. The molecule has 12 nitrogen and oxygen atoms in total.